The molecule has 0 bridgehead atoms. The number of aliphatic imine (C=N–C) groups is 1. The summed E-state index contributed by atoms with van der Waals surface area (Å²) in [5, 5.41) is 7.49. The number of guanidine groups is 1. The number of nitrogens with one attached hydrogen (secondary N) is 2. The first-order chi connectivity index (χ1) is 8.75. The first-order valence-corrected chi connectivity index (χ1v) is 6.61. The Labute approximate surface area is 139 Å². The van der Waals surface area contributed by atoms with Crippen molar-refractivity contribution in [1.82, 2.24) is 10.6 Å². The largest absolute Gasteiger partial charge is 0.492 e. The molecule has 2 rings (SSSR count). The molecule has 4 nitrogen and oxygen atoms in total. The number of nitrogens with zero attached hydrogens (tertiary/aromatic N) is 1. The number of hydrogen-bond donors (Lipinski definition) is 2. The van der Waals surface area contributed by atoms with Gasteiger partial charge in [-0.15, -0.1) is 24.0 Å². The van der Waals surface area contributed by atoms with Gasteiger partial charge in [-0.05, 0) is 24.6 Å². The van der Waals surface area contributed by atoms with Gasteiger partial charge in [0.15, 0.2) is 5.96 Å². The third-order valence-corrected chi connectivity index (χ3v) is 2.97. The van der Waals surface area contributed by atoms with Crippen LogP contribution in [0, 0.1) is 0 Å². The Balaban J connectivity index is 0.00000180. The van der Waals surface area contributed by atoms with E-state index in [9.17, 15) is 0 Å². The lowest BCUT2D eigenvalue weighted by molar-refractivity contribution is 0.311. The van der Waals surface area contributed by atoms with E-state index in [0.717, 1.165) is 32.0 Å². The Kier molecular flexibility index (Phi) is 7.63. The molecule has 0 unspecified atom stereocenters. The van der Waals surface area contributed by atoms with Crippen LogP contribution in [0.3, 0.4) is 0 Å². The summed E-state index contributed by atoms with van der Waals surface area (Å²) in [6, 6.07) is 5.22. The van der Waals surface area contributed by atoms with Gasteiger partial charge in [0, 0.05) is 18.1 Å². The van der Waals surface area contributed by atoms with Crippen LogP contribution in [0.15, 0.2) is 23.2 Å². The van der Waals surface area contributed by atoms with Gasteiger partial charge in [-0.25, -0.2) is 0 Å². The summed E-state index contributed by atoms with van der Waals surface area (Å²) in [6.45, 7) is 3.18. The van der Waals surface area contributed by atoms with Crippen LogP contribution < -0.4 is 15.4 Å². The minimum absolute atomic E-state index is 0. The minimum atomic E-state index is 0. The molecule has 0 saturated heterocycles. The molecule has 7 heteroatoms. The van der Waals surface area contributed by atoms with Crippen molar-refractivity contribution in [2.45, 2.75) is 6.42 Å². The van der Waals surface area contributed by atoms with Gasteiger partial charge >= 0.3 is 0 Å². The van der Waals surface area contributed by atoms with Crippen molar-refractivity contribution in [1.29, 1.82) is 0 Å². The molecule has 1 aromatic carbocycles. The number of benzene rings is 1. The normalized spacial score (nSPS) is 13.3. The molecule has 0 spiro atoms. The predicted molar refractivity (Wildman–Crippen MR) is 90.3 cm³/mol. The summed E-state index contributed by atoms with van der Waals surface area (Å²) in [6.07, 6.45) is 0.875. The van der Waals surface area contributed by atoms with E-state index in [1.807, 2.05) is 0 Å². The van der Waals surface area contributed by atoms with E-state index in [-0.39, 0.29) is 24.0 Å². The van der Waals surface area contributed by atoms with E-state index in [1.165, 1.54) is 0 Å². The van der Waals surface area contributed by atoms with Crippen molar-refractivity contribution in [3.05, 3.63) is 28.2 Å². The molecule has 1 aliphatic heterocycles. The van der Waals surface area contributed by atoms with E-state index in [0.29, 0.717) is 22.4 Å². The predicted octanol–water partition coefficient (Wildman–Crippen LogP) is 2.93. The molecule has 2 N–H and O–H groups in total. The monoisotopic (exact) mass is 415 g/mol. The molecule has 19 heavy (non-hydrogen) atoms. The van der Waals surface area contributed by atoms with E-state index in [2.05, 4.69) is 15.6 Å². The van der Waals surface area contributed by atoms with Crippen molar-refractivity contribution < 1.29 is 4.74 Å². The summed E-state index contributed by atoms with van der Waals surface area (Å²) < 4.78 is 5.57. The van der Waals surface area contributed by atoms with Crippen molar-refractivity contribution in [2.75, 3.05) is 26.2 Å². The molecule has 0 radical (unpaired) electrons. The average molecular weight is 416 g/mol. The fraction of sp³-hybridized carbons (Fsp3) is 0.417. The smallest absolute Gasteiger partial charge is 0.191 e. The summed E-state index contributed by atoms with van der Waals surface area (Å²) in [5.41, 5.74) is 0. The van der Waals surface area contributed by atoms with Gasteiger partial charge in [0.2, 0.25) is 0 Å². The van der Waals surface area contributed by atoms with Gasteiger partial charge in [0.05, 0.1) is 18.2 Å². The maximum Gasteiger partial charge on any atom is 0.191 e. The van der Waals surface area contributed by atoms with E-state index in [1.54, 1.807) is 18.2 Å². The highest BCUT2D eigenvalue weighted by Crippen LogP contribution is 2.27. The molecular weight excluding hydrogens is 400 g/mol. The van der Waals surface area contributed by atoms with Crippen molar-refractivity contribution in [2.24, 2.45) is 4.99 Å². The highest BCUT2D eigenvalue weighted by Gasteiger charge is 2.04. The van der Waals surface area contributed by atoms with Crippen LogP contribution in [0.4, 0.5) is 0 Å². The number of hydrogen-bond acceptors (Lipinski definition) is 4. The van der Waals surface area contributed by atoms with Crippen molar-refractivity contribution in [3.8, 4) is 5.75 Å². The first-order valence-electron chi connectivity index (χ1n) is 5.86. The molecule has 0 atom stereocenters. The van der Waals surface area contributed by atoms with Gasteiger partial charge < -0.3 is 15.4 Å². The zero-order valence-electron chi connectivity index (χ0n) is 10.3. The van der Waals surface area contributed by atoms with E-state index < -0.39 is 0 Å². The van der Waals surface area contributed by atoms with Crippen LogP contribution in [0.25, 0.3) is 0 Å². The topological polar surface area (TPSA) is 45.6 Å². The van der Waals surface area contributed by atoms with Crippen LogP contribution >= 0.6 is 47.2 Å². The van der Waals surface area contributed by atoms with Gasteiger partial charge in [-0.3, -0.25) is 4.99 Å². The van der Waals surface area contributed by atoms with Gasteiger partial charge in [-0.2, -0.15) is 0 Å². The van der Waals surface area contributed by atoms with E-state index in [4.69, 9.17) is 27.9 Å². The molecule has 0 amide bonds. The highest BCUT2D eigenvalue weighted by atomic mass is 127. The fourth-order valence-electron chi connectivity index (χ4n) is 1.57. The lowest BCUT2D eigenvalue weighted by Gasteiger charge is -2.09. The third kappa shape index (κ3) is 5.62. The number of ether oxygens (including phenoxy) is 1. The standard InChI is InChI=1S/C12H15Cl2N3O.HI/c13-9-2-3-11(10(14)8-9)18-7-1-4-15-12-16-5-6-17-12;/h2-3,8H,1,4-7H2,(H2,15,16,17);1H. The lowest BCUT2D eigenvalue weighted by Crippen LogP contribution is -2.34. The first kappa shape index (κ1) is 16.7. The average Bonchev–Trinajstić information content (AvgIpc) is 2.84. The Morgan fingerprint density at radius 1 is 1.37 bits per heavy atom. The Bertz CT molecular complexity index is 443. The minimum Gasteiger partial charge on any atom is -0.492 e. The maximum absolute atomic E-state index is 5.99. The van der Waals surface area contributed by atoms with E-state index >= 15 is 0 Å². The summed E-state index contributed by atoms with van der Waals surface area (Å²) >= 11 is 11.8. The number of halogens is 3. The molecular formula is C12H16Cl2IN3O. The van der Waals surface area contributed by atoms with Gasteiger partial charge in [0.25, 0.3) is 0 Å². The van der Waals surface area contributed by atoms with Crippen LogP contribution in [-0.2, 0) is 0 Å². The molecule has 0 aliphatic carbocycles. The second-order valence-corrected chi connectivity index (χ2v) is 4.70. The fourth-order valence-corrected chi connectivity index (χ4v) is 2.03. The second kappa shape index (κ2) is 8.71. The second-order valence-electron chi connectivity index (χ2n) is 3.86. The molecule has 1 heterocycles. The van der Waals surface area contributed by atoms with Crippen LogP contribution in [0.2, 0.25) is 10.0 Å². The van der Waals surface area contributed by atoms with Gasteiger partial charge in [-0.1, -0.05) is 23.2 Å². The molecule has 0 fully saturated rings. The summed E-state index contributed by atoms with van der Waals surface area (Å²) in [5.74, 6) is 1.54. The zero-order valence-corrected chi connectivity index (χ0v) is 14.1. The highest BCUT2D eigenvalue weighted by molar-refractivity contribution is 14.0. The molecule has 106 valence electrons. The molecule has 1 aromatic rings. The van der Waals surface area contributed by atoms with Crippen LogP contribution in [-0.4, -0.2) is 32.2 Å². The maximum atomic E-state index is 5.99. The zero-order chi connectivity index (χ0) is 12.8. The molecule has 1 aliphatic rings. The van der Waals surface area contributed by atoms with Gasteiger partial charge in [0.1, 0.15) is 5.75 Å². The van der Waals surface area contributed by atoms with Crippen molar-refractivity contribution >= 4 is 53.1 Å². The summed E-state index contributed by atoms with van der Waals surface area (Å²) in [4.78, 5) is 4.23. The molecule has 0 aromatic heterocycles. The number of rotatable bonds is 5. The summed E-state index contributed by atoms with van der Waals surface area (Å²) in [7, 11) is 0. The SMILES string of the molecule is Clc1ccc(OCCCNC2=NCCN2)c(Cl)c1.I. The Hall–Kier alpha value is -0.400. The van der Waals surface area contributed by atoms with Crippen LogP contribution in [0.5, 0.6) is 5.75 Å². The lowest BCUT2D eigenvalue weighted by atomic mass is 10.3. The third-order valence-electron chi connectivity index (χ3n) is 2.44. The molecule has 0 saturated carbocycles. The quantitative estimate of drug-likeness (QED) is 0.574. The Morgan fingerprint density at radius 2 is 2.21 bits per heavy atom. The van der Waals surface area contributed by atoms with Crippen molar-refractivity contribution in [3.63, 3.8) is 0 Å². The Morgan fingerprint density at radius 3 is 2.89 bits per heavy atom. The van der Waals surface area contributed by atoms with Crippen LogP contribution in [0.1, 0.15) is 6.42 Å².